The molecule has 6 nitrogen and oxygen atoms in total. The summed E-state index contributed by atoms with van der Waals surface area (Å²) in [5.41, 5.74) is 0. The number of nitrogens with one attached hydrogen (secondary N) is 3. The average Bonchev–Trinajstić information content (AvgIpc) is 2.83. The smallest absolute Gasteiger partial charge is 0.315 e. The second-order valence-electron chi connectivity index (χ2n) is 6.10. The van der Waals surface area contributed by atoms with E-state index in [1.807, 2.05) is 36.4 Å². The maximum atomic E-state index is 11.9. The number of rotatable bonds is 5. The van der Waals surface area contributed by atoms with Crippen LogP contribution in [0.25, 0.3) is 10.8 Å². The number of urea groups is 1. The fourth-order valence-electron chi connectivity index (χ4n) is 2.88. The number of benzene rings is 2. The fraction of sp³-hybridized carbons (Fsp3) is 0.368. The minimum atomic E-state index is -0.455. The molecule has 0 radical (unpaired) electrons. The highest BCUT2D eigenvalue weighted by atomic mass is 16.5. The topological polar surface area (TPSA) is 79.5 Å². The van der Waals surface area contributed by atoms with E-state index < -0.39 is 6.04 Å². The van der Waals surface area contributed by atoms with Crippen LogP contribution in [-0.2, 0) is 4.79 Å². The van der Waals surface area contributed by atoms with Gasteiger partial charge < -0.3 is 20.7 Å². The molecule has 1 saturated heterocycles. The Bertz CT molecular complexity index is 748. The number of carbonyl (C=O) groups is 2. The van der Waals surface area contributed by atoms with Crippen molar-refractivity contribution in [2.45, 2.75) is 25.3 Å². The van der Waals surface area contributed by atoms with Crippen LogP contribution >= 0.6 is 0 Å². The highest BCUT2D eigenvalue weighted by Crippen LogP contribution is 2.20. The van der Waals surface area contributed by atoms with Crippen LogP contribution in [0.5, 0.6) is 5.75 Å². The van der Waals surface area contributed by atoms with Crippen molar-refractivity contribution in [1.29, 1.82) is 0 Å². The molecule has 2 aromatic rings. The van der Waals surface area contributed by atoms with Gasteiger partial charge in [-0.05, 0) is 42.2 Å². The van der Waals surface area contributed by atoms with Crippen molar-refractivity contribution in [3.8, 4) is 5.75 Å². The molecule has 0 aromatic heterocycles. The fourth-order valence-corrected chi connectivity index (χ4v) is 2.88. The van der Waals surface area contributed by atoms with Crippen LogP contribution in [-0.4, -0.2) is 37.7 Å². The van der Waals surface area contributed by atoms with Crippen molar-refractivity contribution in [1.82, 2.24) is 16.0 Å². The van der Waals surface area contributed by atoms with Crippen LogP contribution in [0.1, 0.15) is 19.3 Å². The first-order valence-corrected chi connectivity index (χ1v) is 8.66. The van der Waals surface area contributed by atoms with Crippen molar-refractivity contribution in [3.05, 3.63) is 42.5 Å². The van der Waals surface area contributed by atoms with Gasteiger partial charge in [-0.15, -0.1) is 0 Å². The highest BCUT2D eigenvalue weighted by molar-refractivity contribution is 5.87. The van der Waals surface area contributed by atoms with Gasteiger partial charge in [0, 0.05) is 6.54 Å². The molecule has 0 aliphatic carbocycles. The molecule has 25 heavy (non-hydrogen) atoms. The van der Waals surface area contributed by atoms with E-state index in [1.165, 1.54) is 0 Å². The predicted molar refractivity (Wildman–Crippen MR) is 96.6 cm³/mol. The van der Waals surface area contributed by atoms with Gasteiger partial charge in [0.15, 0.2) is 0 Å². The molecule has 3 N–H and O–H groups in total. The minimum Gasteiger partial charge on any atom is -0.492 e. The van der Waals surface area contributed by atoms with Gasteiger partial charge in [-0.2, -0.15) is 0 Å². The molecule has 0 unspecified atom stereocenters. The van der Waals surface area contributed by atoms with Gasteiger partial charge in [0.1, 0.15) is 18.4 Å². The van der Waals surface area contributed by atoms with Gasteiger partial charge in [0.05, 0.1) is 6.54 Å². The van der Waals surface area contributed by atoms with E-state index in [4.69, 9.17) is 4.74 Å². The molecule has 132 valence electrons. The van der Waals surface area contributed by atoms with E-state index >= 15 is 0 Å². The number of ether oxygens (including phenoxy) is 1. The number of hydrogen-bond donors (Lipinski definition) is 3. The Balaban J connectivity index is 1.41. The molecule has 3 rings (SSSR count). The first-order chi connectivity index (χ1) is 12.2. The summed E-state index contributed by atoms with van der Waals surface area (Å²) < 4.78 is 5.67. The quantitative estimate of drug-likeness (QED) is 0.730. The molecule has 1 fully saturated rings. The molecule has 1 aliphatic rings. The molecule has 6 heteroatoms. The zero-order valence-corrected chi connectivity index (χ0v) is 14.1. The molecular formula is C19H23N3O3. The van der Waals surface area contributed by atoms with Crippen LogP contribution in [0, 0.1) is 0 Å². The molecule has 0 saturated carbocycles. The van der Waals surface area contributed by atoms with Gasteiger partial charge in [0.25, 0.3) is 0 Å². The molecule has 1 atom stereocenters. The van der Waals surface area contributed by atoms with Gasteiger partial charge in [-0.1, -0.05) is 30.3 Å². The number of fused-ring (bicyclic) bond motifs is 1. The van der Waals surface area contributed by atoms with Gasteiger partial charge in [0.2, 0.25) is 5.91 Å². The predicted octanol–water partition coefficient (Wildman–Crippen LogP) is 2.19. The van der Waals surface area contributed by atoms with E-state index in [1.54, 1.807) is 0 Å². The Hall–Kier alpha value is -2.76. The van der Waals surface area contributed by atoms with Crippen LogP contribution in [0.3, 0.4) is 0 Å². The lowest BCUT2D eigenvalue weighted by molar-refractivity contribution is -0.122. The van der Waals surface area contributed by atoms with Crippen molar-refractivity contribution in [2.24, 2.45) is 0 Å². The SMILES string of the molecule is O=C(NCCOc1ccc2ccccc2c1)N[C@@H]1CCCCNC1=O. The number of amides is 3. The van der Waals surface area contributed by atoms with E-state index in [2.05, 4.69) is 22.0 Å². The van der Waals surface area contributed by atoms with Crippen LogP contribution in [0.15, 0.2) is 42.5 Å². The maximum absolute atomic E-state index is 11.9. The third-order valence-corrected chi connectivity index (χ3v) is 4.22. The van der Waals surface area contributed by atoms with Gasteiger partial charge in [-0.25, -0.2) is 4.79 Å². The summed E-state index contributed by atoms with van der Waals surface area (Å²) in [7, 11) is 0. The Morgan fingerprint density at radius 1 is 1.16 bits per heavy atom. The van der Waals surface area contributed by atoms with Crippen molar-refractivity contribution >= 4 is 22.7 Å². The molecule has 3 amide bonds. The van der Waals surface area contributed by atoms with Crippen LogP contribution in [0.2, 0.25) is 0 Å². The summed E-state index contributed by atoms with van der Waals surface area (Å²) >= 11 is 0. The second-order valence-corrected chi connectivity index (χ2v) is 6.10. The van der Waals surface area contributed by atoms with Crippen LogP contribution in [0.4, 0.5) is 4.79 Å². The molecule has 1 aliphatic heterocycles. The Labute approximate surface area is 146 Å². The lowest BCUT2D eigenvalue weighted by atomic mass is 10.1. The Kier molecular flexibility index (Phi) is 5.72. The highest BCUT2D eigenvalue weighted by Gasteiger charge is 2.21. The standard InChI is InChI=1S/C19H23N3O3/c23-18-17(7-3-4-10-20-18)22-19(24)21-11-12-25-16-9-8-14-5-1-2-6-15(14)13-16/h1-2,5-6,8-9,13,17H,3-4,7,10-12H2,(H,20,23)(H2,21,22,24)/t17-/m1/s1. The molecule has 1 heterocycles. The summed E-state index contributed by atoms with van der Waals surface area (Å²) in [5, 5.41) is 10.5. The summed E-state index contributed by atoms with van der Waals surface area (Å²) in [6.07, 6.45) is 2.55. The third-order valence-electron chi connectivity index (χ3n) is 4.22. The van der Waals surface area contributed by atoms with Crippen molar-refractivity contribution in [2.75, 3.05) is 19.7 Å². The van der Waals surface area contributed by atoms with E-state index in [0.29, 0.717) is 26.1 Å². The van der Waals surface area contributed by atoms with E-state index in [0.717, 1.165) is 29.4 Å². The second kappa shape index (κ2) is 8.37. The summed E-state index contributed by atoms with van der Waals surface area (Å²) in [5.74, 6) is 0.657. The van der Waals surface area contributed by atoms with E-state index in [-0.39, 0.29) is 11.9 Å². The van der Waals surface area contributed by atoms with Crippen molar-refractivity contribution < 1.29 is 14.3 Å². The number of hydrogen-bond acceptors (Lipinski definition) is 3. The first-order valence-electron chi connectivity index (χ1n) is 8.66. The van der Waals surface area contributed by atoms with Crippen LogP contribution < -0.4 is 20.7 Å². The van der Waals surface area contributed by atoms with Crippen molar-refractivity contribution in [3.63, 3.8) is 0 Å². The summed E-state index contributed by atoms with van der Waals surface area (Å²) in [6.45, 7) is 1.41. The Morgan fingerprint density at radius 2 is 2.00 bits per heavy atom. The minimum absolute atomic E-state index is 0.111. The summed E-state index contributed by atoms with van der Waals surface area (Å²) in [4.78, 5) is 23.7. The maximum Gasteiger partial charge on any atom is 0.315 e. The number of carbonyl (C=O) groups excluding carboxylic acids is 2. The van der Waals surface area contributed by atoms with Gasteiger partial charge >= 0.3 is 6.03 Å². The van der Waals surface area contributed by atoms with Gasteiger partial charge in [-0.3, -0.25) is 4.79 Å². The normalized spacial score (nSPS) is 17.4. The monoisotopic (exact) mass is 341 g/mol. The third kappa shape index (κ3) is 4.86. The largest absolute Gasteiger partial charge is 0.492 e. The average molecular weight is 341 g/mol. The lowest BCUT2D eigenvalue weighted by Crippen LogP contribution is -2.49. The zero-order valence-electron chi connectivity index (χ0n) is 14.1. The van der Waals surface area contributed by atoms with E-state index in [9.17, 15) is 9.59 Å². The molecule has 2 aromatic carbocycles. The molecule has 0 spiro atoms. The Morgan fingerprint density at radius 3 is 2.88 bits per heavy atom. The lowest BCUT2D eigenvalue weighted by Gasteiger charge is -2.16. The molecule has 0 bridgehead atoms. The zero-order chi connectivity index (χ0) is 17.5. The summed E-state index contributed by atoms with van der Waals surface area (Å²) in [6, 6.07) is 13.2. The first kappa shape index (κ1) is 17.1. The molecular weight excluding hydrogens is 318 g/mol.